The Morgan fingerprint density at radius 1 is 1.33 bits per heavy atom. The van der Waals surface area contributed by atoms with Crippen LogP contribution in [0.2, 0.25) is 5.02 Å². The molecule has 0 radical (unpaired) electrons. The van der Waals surface area contributed by atoms with E-state index in [1.54, 1.807) is 43.3 Å². The number of carbonyl (C=O) groups excluding carboxylic acids is 2. The van der Waals surface area contributed by atoms with Gasteiger partial charge in [0.1, 0.15) is 11.5 Å². The number of hydrogen-bond acceptors (Lipinski definition) is 4. The molecule has 1 aliphatic rings. The molecule has 1 heterocycles. The molecule has 1 amide bonds. The van der Waals surface area contributed by atoms with Gasteiger partial charge < -0.3 is 14.8 Å². The van der Waals surface area contributed by atoms with Crippen molar-refractivity contribution in [3.05, 3.63) is 51.5 Å². The Morgan fingerprint density at radius 2 is 2.12 bits per heavy atom. The van der Waals surface area contributed by atoms with Crippen LogP contribution in [0.15, 0.2) is 40.9 Å². The smallest absolute Gasteiger partial charge is 0.262 e. The van der Waals surface area contributed by atoms with Gasteiger partial charge in [-0.25, -0.2) is 0 Å². The van der Waals surface area contributed by atoms with Gasteiger partial charge in [0.2, 0.25) is 5.78 Å². The molecule has 1 atom stereocenters. The van der Waals surface area contributed by atoms with Gasteiger partial charge >= 0.3 is 0 Å². The average molecular weight is 411 g/mol. The fourth-order valence-corrected chi connectivity index (χ4v) is 3.06. The van der Waals surface area contributed by atoms with E-state index in [-0.39, 0.29) is 18.3 Å². The van der Waals surface area contributed by atoms with Crippen LogP contribution in [-0.2, 0) is 4.79 Å². The molecule has 124 valence electrons. The van der Waals surface area contributed by atoms with Crippen LogP contribution in [0.25, 0.3) is 0 Å². The van der Waals surface area contributed by atoms with Crippen LogP contribution in [0.3, 0.4) is 0 Å². The van der Waals surface area contributed by atoms with Crippen LogP contribution in [0.4, 0.5) is 5.69 Å². The third-order valence-corrected chi connectivity index (χ3v) is 4.32. The summed E-state index contributed by atoms with van der Waals surface area (Å²) in [5.41, 5.74) is 0.911. The highest BCUT2D eigenvalue weighted by molar-refractivity contribution is 9.10. The highest BCUT2D eigenvalue weighted by Gasteiger charge is 2.22. The first-order valence-corrected chi connectivity index (χ1v) is 8.34. The number of benzene rings is 2. The monoisotopic (exact) mass is 409 g/mol. The first-order valence-electron chi connectivity index (χ1n) is 7.16. The molecule has 24 heavy (non-hydrogen) atoms. The summed E-state index contributed by atoms with van der Waals surface area (Å²) in [7, 11) is 0. The van der Waals surface area contributed by atoms with E-state index in [2.05, 4.69) is 21.2 Å². The number of halogens is 2. The predicted molar refractivity (Wildman–Crippen MR) is 94.1 cm³/mol. The number of Topliss-reactive ketones (excluding diaryl/α,β-unsaturated/α-hetero) is 1. The second-order valence-electron chi connectivity index (χ2n) is 5.25. The first kappa shape index (κ1) is 16.8. The van der Waals surface area contributed by atoms with E-state index in [1.807, 2.05) is 0 Å². The van der Waals surface area contributed by atoms with E-state index >= 15 is 0 Å². The van der Waals surface area contributed by atoms with Crippen LogP contribution in [0, 0.1) is 0 Å². The van der Waals surface area contributed by atoms with E-state index < -0.39 is 6.10 Å². The largest absolute Gasteiger partial charge is 0.482 e. The number of carbonyl (C=O) groups is 2. The summed E-state index contributed by atoms with van der Waals surface area (Å²) in [4.78, 5) is 24.0. The van der Waals surface area contributed by atoms with E-state index in [1.165, 1.54) is 0 Å². The molecule has 7 heteroatoms. The summed E-state index contributed by atoms with van der Waals surface area (Å²) in [6.45, 7) is 1.64. The van der Waals surface area contributed by atoms with Crippen molar-refractivity contribution < 1.29 is 19.1 Å². The zero-order chi connectivity index (χ0) is 17.3. The minimum absolute atomic E-state index is 0.0234. The molecule has 1 N–H and O–H groups in total. The molecule has 0 bridgehead atoms. The number of rotatable bonds is 4. The van der Waals surface area contributed by atoms with Crippen LogP contribution in [0.1, 0.15) is 17.3 Å². The van der Waals surface area contributed by atoms with E-state index in [9.17, 15) is 9.59 Å². The molecule has 2 aromatic carbocycles. The summed E-state index contributed by atoms with van der Waals surface area (Å²) < 4.78 is 11.7. The molecule has 0 aliphatic carbocycles. The Labute approximate surface area is 152 Å². The predicted octanol–water partition coefficient (Wildman–Crippen LogP) is 4.08. The first-order chi connectivity index (χ1) is 11.4. The highest BCUT2D eigenvalue weighted by Crippen LogP contribution is 2.31. The Hall–Kier alpha value is -2.05. The van der Waals surface area contributed by atoms with Gasteiger partial charge in [-0.2, -0.15) is 0 Å². The standard InChI is InChI=1S/C17H13BrClNO4/c1-9(24-14-5-3-11(19)7-12(14)18)17(22)10-2-4-15-13(6-10)20-16(21)8-23-15/h2-7,9H,8H2,1H3,(H,20,21)/t9-/m0/s1. The van der Waals surface area contributed by atoms with Gasteiger partial charge in [0.15, 0.2) is 12.7 Å². The molecule has 1 aliphatic heterocycles. The summed E-state index contributed by atoms with van der Waals surface area (Å²) in [6, 6.07) is 9.97. The van der Waals surface area contributed by atoms with Gasteiger partial charge in [-0.05, 0) is 59.3 Å². The van der Waals surface area contributed by atoms with Crippen molar-refractivity contribution >= 4 is 44.9 Å². The molecule has 0 spiro atoms. The van der Waals surface area contributed by atoms with E-state index in [0.29, 0.717) is 32.2 Å². The normalized spacial score (nSPS) is 14.2. The summed E-state index contributed by atoms with van der Waals surface area (Å²) >= 11 is 9.24. The molecule has 5 nitrogen and oxygen atoms in total. The number of ketones is 1. The van der Waals surface area contributed by atoms with Crippen LogP contribution in [0.5, 0.6) is 11.5 Å². The number of amides is 1. The van der Waals surface area contributed by atoms with Crippen LogP contribution < -0.4 is 14.8 Å². The Bertz CT molecular complexity index is 824. The van der Waals surface area contributed by atoms with Gasteiger partial charge in [-0.1, -0.05) is 11.6 Å². The van der Waals surface area contributed by atoms with Gasteiger partial charge in [-0.3, -0.25) is 9.59 Å². The van der Waals surface area contributed by atoms with Gasteiger partial charge in [0, 0.05) is 10.6 Å². The average Bonchev–Trinajstić information content (AvgIpc) is 2.56. The van der Waals surface area contributed by atoms with Gasteiger partial charge in [0.25, 0.3) is 5.91 Å². The van der Waals surface area contributed by atoms with Crippen molar-refractivity contribution in [1.82, 2.24) is 0 Å². The lowest BCUT2D eigenvalue weighted by Gasteiger charge is -2.19. The SMILES string of the molecule is C[C@H](Oc1ccc(Cl)cc1Br)C(=O)c1ccc2c(c1)NC(=O)CO2. The van der Waals surface area contributed by atoms with Gasteiger partial charge in [0.05, 0.1) is 10.2 Å². The van der Waals surface area contributed by atoms with Crippen molar-refractivity contribution in [3.8, 4) is 11.5 Å². The highest BCUT2D eigenvalue weighted by atomic mass is 79.9. The molecule has 0 fully saturated rings. The van der Waals surface area contributed by atoms with Gasteiger partial charge in [-0.15, -0.1) is 0 Å². The quantitative estimate of drug-likeness (QED) is 0.771. The molecule has 0 saturated carbocycles. The number of hydrogen-bond donors (Lipinski definition) is 1. The van der Waals surface area contributed by atoms with E-state index in [4.69, 9.17) is 21.1 Å². The molecule has 0 saturated heterocycles. The Kier molecular flexibility index (Phi) is 4.78. The summed E-state index contributed by atoms with van der Waals surface area (Å²) in [5, 5.41) is 3.25. The lowest BCUT2D eigenvalue weighted by atomic mass is 10.1. The molecule has 2 aromatic rings. The second kappa shape index (κ2) is 6.83. The maximum atomic E-state index is 12.6. The molecular formula is C17H13BrClNO4. The minimum atomic E-state index is -0.708. The molecule has 0 unspecified atom stereocenters. The third kappa shape index (κ3) is 3.55. The lowest BCUT2D eigenvalue weighted by molar-refractivity contribution is -0.118. The van der Waals surface area contributed by atoms with Crippen molar-refractivity contribution in [2.75, 3.05) is 11.9 Å². The summed E-state index contributed by atoms with van der Waals surface area (Å²) in [5.74, 6) is 0.607. The Morgan fingerprint density at radius 3 is 2.88 bits per heavy atom. The maximum absolute atomic E-state index is 12.6. The topological polar surface area (TPSA) is 64.6 Å². The van der Waals surface area contributed by atoms with Crippen molar-refractivity contribution in [2.45, 2.75) is 13.0 Å². The number of ether oxygens (including phenoxy) is 2. The molecular weight excluding hydrogens is 398 g/mol. The van der Waals surface area contributed by atoms with Crippen LogP contribution in [-0.4, -0.2) is 24.4 Å². The minimum Gasteiger partial charge on any atom is -0.482 e. The fourth-order valence-electron chi connectivity index (χ4n) is 2.29. The number of fused-ring (bicyclic) bond motifs is 1. The lowest BCUT2D eigenvalue weighted by Crippen LogP contribution is -2.27. The fraction of sp³-hybridized carbons (Fsp3) is 0.176. The van der Waals surface area contributed by atoms with Crippen molar-refractivity contribution in [1.29, 1.82) is 0 Å². The molecule has 0 aromatic heterocycles. The van der Waals surface area contributed by atoms with Crippen molar-refractivity contribution in [2.24, 2.45) is 0 Å². The van der Waals surface area contributed by atoms with E-state index in [0.717, 1.165) is 0 Å². The van der Waals surface area contributed by atoms with Crippen molar-refractivity contribution in [3.63, 3.8) is 0 Å². The maximum Gasteiger partial charge on any atom is 0.262 e. The number of anilines is 1. The summed E-state index contributed by atoms with van der Waals surface area (Å²) in [6.07, 6.45) is -0.708. The zero-order valence-corrected chi connectivity index (χ0v) is 15.0. The van der Waals surface area contributed by atoms with Crippen LogP contribution >= 0.6 is 27.5 Å². The number of nitrogens with one attached hydrogen (secondary N) is 1. The Balaban J connectivity index is 1.78. The third-order valence-electron chi connectivity index (χ3n) is 3.46. The second-order valence-corrected chi connectivity index (χ2v) is 6.54. The zero-order valence-electron chi connectivity index (χ0n) is 12.6. The molecule has 3 rings (SSSR count).